The number of nitrogens with zero attached hydrogens (tertiary/aromatic N) is 1. The van der Waals surface area contributed by atoms with E-state index in [0.29, 0.717) is 24.1 Å². The van der Waals surface area contributed by atoms with Crippen molar-refractivity contribution < 1.29 is 8.42 Å². The maximum Gasteiger partial charge on any atom is 0.157 e. The van der Waals surface area contributed by atoms with Crippen LogP contribution in [-0.4, -0.2) is 42.4 Å². The Hall–Kier alpha value is -0.230. The number of rotatable bonds is 2. The number of nitrogens with one attached hydrogen (secondary N) is 1. The van der Waals surface area contributed by atoms with Crippen LogP contribution in [0.3, 0.4) is 0 Å². The molecule has 2 unspecified atom stereocenters. The summed E-state index contributed by atoms with van der Waals surface area (Å²) in [6.45, 7) is 6.35. The number of thioether (sulfide) groups is 1. The molecular weight excluding hydrogens is 268 g/mol. The SMILES string of the molecule is CC(C)C1CCSC(NC2(C)CCS(=O)(=O)C2)=N1. The van der Waals surface area contributed by atoms with Crippen LogP contribution in [0.5, 0.6) is 0 Å². The summed E-state index contributed by atoms with van der Waals surface area (Å²) in [5, 5.41) is 4.30. The van der Waals surface area contributed by atoms with Gasteiger partial charge in [-0.05, 0) is 25.7 Å². The van der Waals surface area contributed by atoms with Gasteiger partial charge in [0.25, 0.3) is 0 Å². The van der Waals surface area contributed by atoms with Gasteiger partial charge in [-0.15, -0.1) is 0 Å². The molecule has 4 nitrogen and oxygen atoms in total. The molecule has 1 saturated heterocycles. The Kier molecular flexibility index (Phi) is 3.97. The molecule has 2 atom stereocenters. The number of sulfone groups is 1. The summed E-state index contributed by atoms with van der Waals surface area (Å²) in [6, 6.07) is 0.371. The van der Waals surface area contributed by atoms with Crippen LogP contribution >= 0.6 is 11.8 Å². The van der Waals surface area contributed by atoms with E-state index in [-0.39, 0.29) is 11.3 Å². The van der Waals surface area contributed by atoms with Crippen LogP contribution in [-0.2, 0) is 9.84 Å². The van der Waals surface area contributed by atoms with Crippen LogP contribution in [0.15, 0.2) is 4.99 Å². The van der Waals surface area contributed by atoms with Gasteiger partial charge in [0, 0.05) is 5.75 Å². The van der Waals surface area contributed by atoms with Gasteiger partial charge < -0.3 is 5.32 Å². The molecule has 0 spiro atoms. The number of amidine groups is 1. The molecule has 1 fully saturated rings. The second-order valence-electron chi connectivity index (χ2n) is 5.91. The van der Waals surface area contributed by atoms with Gasteiger partial charge in [0.05, 0.1) is 23.1 Å². The number of aliphatic imine (C=N–C) groups is 1. The lowest BCUT2D eigenvalue weighted by Crippen LogP contribution is -2.47. The Morgan fingerprint density at radius 1 is 1.50 bits per heavy atom. The number of hydrogen-bond donors (Lipinski definition) is 1. The van der Waals surface area contributed by atoms with Crippen molar-refractivity contribution >= 4 is 26.8 Å². The Morgan fingerprint density at radius 2 is 2.22 bits per heavy atom. The quantitative estimate of drug-likeness (QED) is 0.840. The van der Waals surface area contributed by atoms with Crippen LogP contribution in [0, 0.1) is 5.92 Å². The molecule has 0 aromatic rings. The van der Waals surface area contributed by atoms with Gasteiger partial charge in [-0.1, -0.05) is 25.6 Å². The predicted molar refractivity (Wildman–Crippen MR) is 77.9 cm³/mol. The Bertz CT molecular complexity index is 445. The van der Waals surface area contributed by atoms with Gasteiger partial charge in [-0.25, -0.2) is 8.42 Å². The first kappa shape index (κ1) is 14.2. The molecule has 0 saturated carbocycles. The molecule has 0 radical (unpaired) electrons. The first-order valence-corrected chi connectivity index (χ1v) is 9.30. The van der Waals surface area contributed by atoms with Gasteiger partial charge in [0.15, 0.2) is 15.0 Å². The minimum Gasteiger partial charge on any atom is -0.359 e. The standard InChI is InChI=1S/C12H22N2O2S2/c1-9(2)10-4-6-17-11(13-10)14-12(3)5-7-18(15,16)8-12/h9-10H,4-8H2,1-3H3,(H,13,14). The second-order valence-corrected chi connectivity index (χ2v) is 9.18. The maximum atomic E-state index is 11.6. The van der Waals surface area contributed by atoms with E-state index in [2.05, 4.69) is 19.2 Å². The van der Waals surface area contributed by atoms with E-state index in [4.69, 9.17) is 4.99 Å². The normalized spacial score (nSPS) is 35.6. The smallest absolute Gasteiger partial charge is 0.157 e. The van der Waals surface area contributed by atoms with Crippen LogP contribution in [0.2, 0.25) is 0 Å². The molecule has 0 aliphatic carbocycles. The Morgan fingerprint density at radius 3 is 2.78 bits per heavy atom. The molecule has 104 valence electrons. The summed E-state index contributed by atoms with van der Waals surface area (Å²) in [7, 11) is -2.86. The monoisotopic (exact) mass is 290 g/mol. The summed E-state index contributed by atoms with van der Waals surface area (Å²) in [4.78, 5) is 4.71. The van der Waals surface area contributed by atoms with Crippen LogP contribution in [0.4, 0.5) is 0 Å². The Balaban J connectivity index is 2.05. The van der Waals surface area contributed by atoms with E-state index in [9.17, 15) is 8.42 Å². The molecule has 2 rings (SSSR count). The van der Waals surface area contributed by atoms with E-state index < -0.39 is 9.84 Å². The van der Waals surface area contributed by atoms with Crippen molar-refractivity contribution in [3.63, 3.8) is 0 Å². The zero-order valence-corrected chi connectivity index (χ0v) is 12.9. The van der Waals surface area contributed by atoms with Gasteiger partial charge in [0.1, 0.15) is 0 Å². The highest BCUT2D eigenvalue weighted by Gasteiger charge is 2.39. The predicted octanol–water partition coefficient (Wildman–Crippen LogP) is 1.67. The number of hydrogen-bond acceptors (Lipinski definition) is 5. The lowest BCUT2D eigenvalue weighted by Gasteiger charge is -2.30. The highest BCUT2D eigenvalue weighted by molar-refractivity contribution is 8.13. The molecule has 0 bridgehead atoms. The average Bonchev–Trinajstić information content (AvgIpc) is 2.53. The minimum absolute atomic E-state index is 0.228. The topological polar surface area (TPSA) is 58.5 Å². The molecule has 0 aromatic heterocycles. The Labute approximate surface area is 114 Å². The fraction of sp³-hybridized carbons (Fsp3) is 0.917. The van der Waals surface area contributed by atoms with Crippen LogP contribution in [0.1, 0.15) is 33.6 Å². The fourth-order valence-electron chi connectivity index (χ4n) is 2.45. The van der Waals surface area contributed by atoms with Gasteiger partial charge in [-0.2, -0.15) is 0 Å². The molecule has 2 aliphatic rings. The minimum atomic E-state index is -2.86. The molecule has 1 N–H and O–H groups in total. The van der Waals surface area contributed by atoms with Crippen molar-refractivity contribution in [3.8, 4) is 0 Å². The van der Waals surface area contributed by atoms with Crippen molar-refractivity contribution in [2.75, 3.05) is 17.3 Å². The van der Waals surface area contributed by atoms with Gasteiger partial charge in [-0.3, -0.25) is 4.99 Å². The molecule has 6 heteroatoms. The first-order valence-electron chi connectivity index (χ1n) is 6.49. The molecule has 2 heterocycles. The molecule has 0 amide bonds. The third-order valence-electron chi connectivity index (χ3n) is 3.62. The van der Waals surface area contributed by atoms with Crippen molar-refractivity contribution in [1.29, 1.82) is 0 Å². The average molecular weight is 290 g/mol. The summed E-state index contributed by atoms with van der Waals surface area (Å²) in [6.07, 6.45) is 1.80. The van der Waals surface area contributed by atoms with Gasteiger partial charge >= 0.3 is 0 Å². The van der Waals surface area contributed by atoms with Crippen molar-refractivity contribution in [1.82, 2.24) is 5.32 Å². The van der Waals surface area contributed by atoms with Crippen LogP contribution < -0.4 is 5.32 Å². The first-order chi connectivity index (χ1) is 8.30. The van der Waals surface area contributed by atoms with Crippen LogP contribution in [0.25, 0.3) is 0 Å². The third kappa shape index (κ3) is 3.41. The highest BCUT2D eigenvalue weighted by atomic mass is 32.2. The third-order valence-corrected chi connectivity index (χ3v) is 6.44. The molecule has 18 heavy (non-hydrogen) atoms. The molecule has 0 aromatic carbocycles. The highest BCUT2D eigenvalue weighted by Crippen LogP contribution is 2.27. The zero-order valence-electron chi connectivity index (χ0n) is 11.3. The summed E-state index contributed by atoms with van der Waals surface area (Å²) < 4.78 is 23.1. The van der Waals surface area contributed by atoms with E-state index >= 15 is 0 Å². The van der Waals surface area contributed by atoms with E-state index in [1.165, 1.54) is 0 Å². The molecule has 2 aliphatic heterocycles. The largest absolute Gasteiger partial charge is 0.359 e. The molecular formula is C12H22N2O2S2. The maximum absolute atomic E-state index is 11.6. The van der Waals surface area contributed by atoms with E-state index in [1.807, 2.05) is 6.92 Å². The zero-order chi connectivity index (χ0) is 13.4. The lowest BCUT2D eigenvalue weighted by atomic mass is 10.0. The van der Waals surface area contributed by atoms with Gasteiger partial charge in [0.2, 0.25) is 0 Å². The van der Waals surface area contributed by atoms with Crippen molar-refractivity contribution in [2.45, 2.75) is 45.2 Å². The summed E-state index contributed by atoms with van der Waals surface area (Å²) in [5.41, 5.74) is -0.330. The summed E-state index contributed by atoms with van der Waals surface area (Å²) >= 11 is 1.71. The fourth-order valence-corrected chi connectivity index (χ4v) is 5.62. The second kappa shape index (κ2) is 5.04. The van der Waals surface area contributed by atoms with Crippen molar-refractivity contribution in [3.05, 3.63) is 0 Å². The van der Waals surface area contributed by atoms with E-state index in [1.54, 1.807) is 11.8 Å². The van der Waals surface area contributed by atoms with Crippen molar-refractivity contribution in [2.24, 2.45) is 10.9 Å². The summed E-state index contributed by atoms with van der Waals surface area (Å²) in [5.74, 6) is 2.13. The lowest BCUT2D eigenvalue weighted by molar-refractivity contribution is 0.457. The van der Waals surface area contributed by atoms with E-state index in [0.717, 1.165) is 17.3 Å².